The van der Waals surface area contributed by atoms with E-state index in [4.69, 9.17) is 4.74 Å². The second-order valence-corrected chi connectivity index (χ2v) is 4.72. The van der Waals surface area contributed by atoms with Crippen molar-refractivity contribution in [3.05, 3.63) is 0 Å². The van der Waals surface area contributed by atoms with Gasteiger partial charge in [-0.1, -0.05) is 0 Å². The van der Waals surface area contributed by atoms with Crippen LogP contribution in [0.2, 0.25) is 0 Å². The Morgan fingerprint density at radius 3 is 2.62 bits per heavy atom. The van der Waals surface area contributed by atoms with Crippen molar-refractivity contribution in [2.45, 2.75) is 38.6 Å². The molecule has 2 rings (SSSR count). The van der Waals surface area contributed by atoms with Crippen LogP contribution in [-0.4, -0.2) is 31.8 Å². The van der Waals surface area contributed by atoms with Gasteiger partial charge in [-0.15, -0.1) is 12.4 Å². The van der Waals surface area contributed by atoms with E-state index >= 15 is 0 Å². The van der Waals surface area contributed by atoms with Crippen molar-refractivity contribution in [3.63, 3.8) is 0 Å². The van der Waals surface area contributed by atoms with Gasteiger partial charge in [-0.2, -0.15) is 0 Å². The van der Waals surface area contributed by atoms with E-state index in [9.17, 15) is 4.79 Å². The van der Waals surface area contributed by atoms with E-state index in [2.05, 4.69) is 10.6 Å². The van der Waals surface area contributed by atoms with Gasteiger partial charge in [-0.3, -0.25) is 0 Å². The first-order valence-corrected chi connectivity index (χ1v) is 5.88. The van der Waals surface area contributed by atoms with Crippen LogP contribution in [0.15, 0.2) is 0 Å². The molecule has 0 unspecified atom stereocenters. The first-order chi connectivity index (χ1) is 7.24. The predicted octanol–water partition coefficient (Wildman–Crippen LogP) is 1.69. The summed E-state index contributed by atoms with van der Waals surface area (Å²) in [7, 11) is 0. The molecule has 2 N–H and O–H groups in total. The number of amides is 1. The lowest BCUT2D eigenvalue weighted by Crippen LogP contribution is -2.54. The van der Waals surface area contributed by atoms with E-state index in [1.165, 1.54) is 12.8 Å². The van der Waals surface area contributed by atoms with Crippen LogP contribution in [0.4, 0.5) is 4.79 Å². The number of halogens is 1. The Hall–Kier alpha value is -0.480. The van der Waals surface area contributed by atoms with E-state index in [0.29, 0.717) is 18.1 Å². The lowest BCUT2D eigenvalue weighted by Gasteiger charge is -2.50. The minimum Gasteiger partial charge on any atom is -0.450 e. The monoisotopic (exact) mass is 248 g/mol. The van der Waals surface area contributed by atoms with Gasteiger partial charge in [-0.25, -0.2) is 4.79 Å². The summed E-state index contributed by atoms with van der Waals surface area (Å²) < 4.78 is 4.86. The van der Waals surface area contributed by atoms with Gasteiger partial charge in [0.2, 0.25) is 0 Å². The molecule has 0 radical (unpaired) electrons. The molecule has 2 aliphatic rings. The van der Waals surface area contributed by atoms with Crippen LogP contribution in [0.1, 0.15) is 32.6 Å². The molecule has 5 heteroatoms. The van der Waals surface area contributed by atoms with E-state index in [1.807, 2.05) is 6.92 Å². The Kier molecular flexibility index (Phi) is 4.87. The molecule has 2 fully saturated rings. The zero-order chi connectivity index (χ0) is 10.7. The maximum atomic E-state index is 11.2. The van der Waals surface area contributed by atoms with Gasteiger partial charge in [-0.05, 0) is 51.1 Å². The fraction of sp³-hybridized carbons (Fsp3) is 0.909. The SMILES string of the molecule is CCOC(=O)NC1CC2(CCNCC2)C1.Cl. The fourth-order valence-electron chi connectivity index (χ4n) is 2.79. The van der Waals surface area contributed by atoms with Crippen LogP contribution in [0.3, 0.4) is 0 Å². The maximum absolute atomic E-state index is 11.2. The number of carbonyl (C=O) groups is 1. The van der Waals surface area contributed by atoms with Crippen LogP contribution in [0.25, 0.3) is 0 Å². The quantitative estimate of drug-likeness (QED) is 0.782. The summed E-state index contributed by atoms with van der Waals surface area (Å²) in [5.74, 6) is 0. The molecule has 1 heterocycles. The Balaban J connectivity index is 0.00000128. The number of carbonyl (C=O) groups excluding carboxylic acids is 1. The summed E-state index contributed by atoms with van der Waals surface area (Å²) in [4.78, 5) is 11.2. The second kappa shape index (κ2) is 5.73. The highest BCUT2D eigenvalue weighted by atomic mass is 35.5. The number of hydrogen-bond donors (Lipinski definition) is 2. The van der Waals surface area contributed by atoms with Crippen molar-refractivity contribution < 1.29 is 9.53 Å². The number of ether oxygens (including phenoxy) is 1. The molecule has 0 atom stereocenters. The lowest BCUT2D eigenvalue weighted by atomic mass is 9.61. The highest BCUT2D eigenvalue weighted by Gasteiger charge is 2.45. The minimum absolute atomic E-state index is 0. The molecule has 1 saturated carbocycles. The summed E-state index contributed by atoms with van der Waals surface area (Å²) in [6.07, 6.45) is 4.52. The van der Waals surface area contributed by atoms with Crippen molar-refractivity contribution in [2.24, 2.45) is 5.41 Å². The van der Waals surface area contributed by atoms with Gasteiger partial charge in [0, 0.05) is 6.04 Å². The van der Waals surface area contributed by atoms with Crippen LogP contribution in [0, 0.1) is 5.41 Å². The van der Waals surface area contributed by atoms with Crippen molar-refractivity contribution in [1.29, 1.82) is 0 Å². The first-order valence-electron chi connectivity index (χ1n) is 5.88. The van der Waals surface area contributed by atoms with Gasteiger partial charge >= 0.3 is 6.09 Å². The van der Waals surface area contributed by atoms with Crippen LogP contribution >= 0.6 is 12.4 Å². The number of hydrogen-bond acceptors (Lipinski definition) is 3. The predicted molar refractivity (Wildman–Crippen MR) is 65.0 cm³/mol. The zero-order valence-corrected chi connectivity index (χ0v) is 10.6. The average Bonchev–Trinajstić information content (AvgIpc) is 2.17. The standard InChI is InChI=1S/C11H20N2O2.ClH/c1-2-15-10(14)13-9-7-11(8-9)3-5-12-6-4-11;/h9,12H,2-8H2,1H3,(H,13,14);1H. The summed E-state index contributed by atoms with van der Waals surface area (Å²) in [6.45, 7) is 4.54. The fourth-order valence-corrected chi connectivity index (χ4v) is 2.79. The molecule has 1 aliphatic heterocycles. The smallest absolute Gasteiger partial charge is 0.407 e. The minimum atomic E-state index is -0.258. The summed E-state index contributed by atoms with van der Waals surface area (Å²) in [5, 5.41) is 6.28. The Labute approximate surface area is 103 Å². The largest absolute Gasteiger partial charge is 0.450 e. The lowest BCUT2D eigenvalue weighted by molar-refractivity contribution is 0.0428. The van der Waals surface area contributed by atoms with Crippen molar-refractivity contribution in [3.8, 4) is 0 Å². The van der Waals surface area contributed by atoms with E-state index < -0.39 is 0 Å². The molecular weight excluding hydrogens is 228 g/mol. The first kappa shape index (κ1) is 13.6. The molecule has 0 aromatic heterocycles. The second-order valence-electron chi connectivity index (χ2n) is 4.72. The maximum Gasteiger partial charge on any atom is 0.407 e. The van der Waals surface area contributed by atoms with Crippen LogP contribution in [-0.2, 0) is 4.74 Å². The summed E-state index contributed by atoms with van der Waals surface area (Å²) in [5.41, 5.74) is 0.523. The van der Waals surface area contributed by atoms with Gasteiger partial charge in [0.05, 0.1) is 6.61 Å². The van der Waals surface area contributed by atoms with Gasteiger partial charge in [0.1, 0.15) is 0 Å². The number of alkyl carbamates (subject to hydrolysis) is 1. The normalized spacial score (nSPS) is 23.1. The molecule has 0 aromatic carbocycles. The van der Waals surface area contributed by atoms with Gasteiger partial charge in [0.15, 0.2) is 0 Å². The third kappa shape index (κ3) is 3.01. The summed E-state index contributed by atoms with van der Waals surface area (Å²) in [6, 6.07) is 0.349. The zero-order valence-electron chi connectivity index (χ0n) is 9.75. The molecule has 4 nitrogen and oxygen atoms in total. The third-order valence-corrected chi connectivity index (χ3v) is 3.62. The van der Waals surface area contributed by atoms with Crippen molar-refractivity contribution in [1.82, 2.24) is 10.6 Å². The molecule has 0 bridgehead atoms. The molecular formula is C11H21ClN2O2. The van der Waals surface area contributed by atoms with Gasteiger partial charge < -0.3 is 15.4 Å². The van der Waals surface area contributed by atoms with Crippen LogP contribution < -0.4 is 10.6 Å². The van der Waals surface area contributed by atoms with Crippen molar-refractivity contribution >= 4 is 18.5 Å². The van der Waals surface area contributed by atoms with Crippen LogP contribution in [0.5, 0.6) is 0 Å². The molecule has 1 saturated heterocycles. The Morgan fingerprint density at radius 2 is 2.06 bits per heavy atom. The Bertz CT molecular complexity index is 234. The average molecular weight is 249 g/mol. The molecule has 1 amide bonds. The highest BCUT2D eigenvalue weighted by Crippen LogP contribution is 2.47. The molecule has 1 aliphatic carbocycles. The third-order valence-electron chi connectivity index (χ3n) is 3.62. The topological polar surface area (TPSA) is 50.4 Å². The Morgan fingerprint density at radius 1 is 1.44 bits per heavy atom. The molecule has 16 heavy (non-hydrogen) atoms. The van der Waals surface area contributed by atoms with E-state index in [1.54, 1.807) is 0 Å². The summed E-state index contributed by atoms with van der Waals surface area (Å²) >= 11 is 0. The van der Waals surface area contributed by atoms with Crippen molar-refractivity contribution in [2.75, 3.05) is 19.7 Å². The number of piperidine rings is 1. The van der Waals surface area contributed by atoms with E-state index in [-0.39, 0.29) is 18.5 Å². The molecule has 0 aromatic rings. The molecule has 1 spiro atoms. The highest BCUT2D eigenvalue weighted by molar-refractivity contribution is 5.85. The number of rotatable bonds is 2. The van der Waals surface area contributed by atoms with E-state index in [0.717, 1.165) is 25.9 Å². The number of nitrogens with one attached hydrogen (secondary N) is 2. The molecule has 94 valence electrons. The van der Waals surface area contributed by atoms with Gasteiger partial charge in [0.25, 0.3) is 0 Å².